The maximum absolute atomic E-state index is 12.4. The van der Waals surface area contributed by atoms with Gasteiger partial charge in [0.15, 0.2) is 0 Å². The number of alkyl halides is 1. The van der Waals surface area contributed by atoms with Crippen molar-refractivity contribution in [1.82, 2.24) is 30.9 Å². The van der Waals surface area contributed by atoms with Crippen molar-refractivity contribution >= 4 is 24.1 Å². The number of carboxylic acid groups (broad SMARTS) is 2. The minimum absolute atomic E-state index is 0.0384. The van der Waals surface area contributed by atoms with Crippen LogP contribution in [0.5, 0.6) is 0 Å². The first kappa shape index (κ1) is 28.0. The lowest BCUT2D eigenvalue weighted by molar-refractivity contribution is -0.139. The smallest absolute Gasteiger partial charge is 0.407 e. The number of benzene rings is 1. The maximum atomic E-state index is 12.4. The summed E-state index contributed by atoms with van der Waals surface area (Å²) < 4.78 is 18.7. The molecule has 1 aromatic carbocycles. The molecular formula is C22H29FN6O7. The average Bonchev–Trinajstić information content (AvgIpc) is 3.29. The number of ether oxygens (including phenoxy) is 1. The number of nitrogens with one attached hydrogen (secondary N) is 3. The van der Waals surface area contributed by atoms with Gasteiger partial charge in [-0.3, -0.25) is 0 Å². The highest BCUT2D eigenvalue weighted by Crippen LogP contribution is 2.04. The lowest BCUT2D eigenvalue weighted by Gasteiger charge is -2.18. The molecule has 2 rings (SSSR count). The zero-order valence-corrected chi connectivity index (χ0v) is 19.4. The zero-order valence-electron chi connectivity index (χ0n) is 19.4. The number of hydrogen-bond acceptors (Lipinski definition) is 7. The fourth-order valence-electron chi connectivity index (χ4n) is 3.09. The van der Waals surface area contributed by atoms with E-state index in [-0.39, 0.29) is 38.2 Å². The predicted octanol–water partition coefficient (Wildman–Crippen LogP) is 1.09. The molecule has 2 aromatic rings. The van der Waals surface area contributed by atoms with Crippen LogP contribution in [0.2, 0.25) is 0 Å². The highest BCUT2D eigenvalue weighted by Gasteiger charge is 2.25. The molecule has 2 atom stereocenters. The Labute approximate surface area is 206 Å². The largest absolute Gasteiger partial charge is 0.480 e. The standard InChI is InChI=1S/C22H29FN6O7/c23-9-11-29-13-16(27-28-29)12-18(20(32)33)26-21(34)25-17(19(30)31)8-4-5-10-24-22(35)36-14-15-6-2-1-3-7-15/h1-3,6-7,13,17-18H,4-5,8-12,14H2,(H,24,35)(H,30,31)(H,32,33)(H2,25,26,34)/t17-,18-/m0/s1. The summed E-state index contributed by atoms with van der Waals surface area (Å²) in [5.41, 5.74) is 1.07. The van der Waals surface area contributed by atoms with Gasteiger partial charge in [-0.15, -0.1) is 5.10 Å². The van der Waals surface area contributed by atoms with Crippen molar-refractivity contribution in [3.05, 3.63) is 47.8 Å². The van der Waals surface area contributed by atoms with Gasteiger partial charge in [0.05, 0.1) is 12.2 Å². The van der Waals surface area contributed by atoms with E-state index >= 15 is 0 Å². The van der Waals surface area contributed by atoms with Crippen LogP contribution >= 0.6 is 0 Å². The van der Waals surface area contributed by atoms with Crippen LogP contribution in [0.4, 0.5) is 14.0 Å². The molecule has 1 aromatic heterocycles. The summed E-state index contributed by atoms with van der Waals surface area (Å²) in [6, 6.07) is 5.50. The minimum Gasteiger partial charge on any atom is -0.480 e. The van der Waals surface area contributed by atoms with Gasteiger partial charge >= 0.3 is 24.1 Å². The van der Waals surface area contributed by atoms with E-state index in [1.807, 2.05) is 30.3 Å². The Balaban J connectivity index is 1.71. The van der Waals surface area contributed by atoms with Crippen molar-refractivity contribution in [2.75, 3.05) is 13.2 Å². The van der Waals surface area contributed by atoms with Gasteiger partial charge in [-0.1, -0.05) is 35.5 Å². The number of nitrogens with zero attached hydrogens (tertiary/aromatic N) is 3. The second-order valence-electron chi connectivity index (χ2n) is 7.75. The van der Waals surface area contributed by atoms with Crippen molar-refractivity contribution < 1.29 is 38.5 Å². The molecule has 0 saturated heterocycles. The number of urea groups is 1. The number of halogens is 1. The van der Waals surface area contributed by atoms with Gasteiger partial charge in [0, 0.05) is 19.2 Å². The fraction of sp³-hybridized carbons (Fsp3) is 0.455. The molecule has 5 N–H and O–H groups in total. The predicted molar refractivity (Wildman–Crippen MR) is 123 cm³/mol. The van der Waals surface area contributed by atoms with Crippen molar-refractivity contribution in [2.45, 2.75) is 50.9 Å². The lowest BCUT2D eigenvalue weighted by Crippen LogP contribution is -2.51. The van der Waals surface area contributed by atoms with Crippen LogP contribution < -0.4 is 16.0 Å². The molecule has 1 heterocycles. The molecule has 14 heteroatoms. The molecule has 0 bridgehead atoms. The Morgan fingerprint density at radius 1 is 1.03 bits per heavy atom. The summed E-state index contributed by atoms with van der Waals surface area (Å²) in [6.45, 7) is -0.337. The first-order valence-corrected chi connectivity index (χ1v) is 11.2. The number of aromatic nitrogens is 3. The number of aryl methyl sites for hydroxylation is 1. The van der Waals surface area contributed by atoms with Gasteiger partial charge < -0.3 is 30.9 Å². The maximum Gasteiger partial charge on any atom is 0.407 e. The number of unbranched alkanes of at least 4 members (excludes halogenated alkanes) is 1. The van der Waals surface area contributed by atoms with Gasteiger partial charge in [0.25, 0.3) is 0 Å². The number of hydrogen-bond donors (Lipinski definition) is 5. The Morgan fingerprint density at radius 2 is 1.72 bits per heavy atom. The Morgan fingerprint density at radius 3 is 2.39 bits per heavy atom. The highest BCUT2D eigenvalue weighted by atomic mass is 19.1. The SMILES string of the molecule is O=C(N[C@@H](CCCCNC(=O)OCc1ccccc1)C(=O)O)N[C@@H](Cc1cn(CCF)nn1)C(=O)O. The molecule has 0 radical (unpaired) electrons. The first-order valence-electron chi connectivity index (χ1n) is 11.2. The number of alkyl carbamates (subject to hydrolysis) is 1. The third kappa shape index (κ3) is 10.4. The van der Waals surface area contributed by atoms with E-state index < -0.39 is 42.8 Å². The first-order chi connectivity index (χ1) is 17.3. The van der Waals surface area contributed by atoms with Crippen molar-refractivity contribution in [3.8, 4) is 0 Å². The van der Waals surface area contributed by atoms with Crippen LogP contribution in [0.3, 0.4) is 0 Å². The quantitative estimate of drug-likeness (QED) is 0.220. The highest BCUT2D eigenvalue weighted by molar-refractivity contribution is 5.86. The van der Waals surface area contributed by atoms with E-state index in [0.29, 0.717) is 12.8 Å². The molecule has 0 unspecified atom stereocenters. The molecule has 0 aliphatic carbocycles. The molecule has 0 aliphatic heterocycles. The molecule has 196 valence electrons. The monoisotopic (exact) mass is 508 g/mol. The van der Waals surface area contributed by atoms with E-state index in [0.717, 1.165) is 5.56 Å². The Bertz CT molecular complexity index is 1000. The summed E-state index contributed by atoms with van der Waals surface area (Å²) >= 11 is 0. The van der Waals surface area contributed by atoms with E-state index in [4.69, 9.17) is 4.74 Å². The number of carbonyl (C=O) groups is 4. The molecule has 0 saturated carbocycles. The van der Waals surface area contributed by atoms with Gasteiger partial charge in [-0.2, -0.15) is 0 Å². The average molecular weight is 509 g/mol. The molecule has 36 heavy (non-hydrogen) atoms. The molecule has 3 amide bonds. The summed E-state index contributed by atoms with van der Waals surface area (Å²) in [6.07, 6.45) is 1.38. The normalized spacial score (nSPS) is 12.2. The van der Waals surface area contributed by atoms with Crippen LogP contribution in [0.1, 0.15) is 30.5 Å². The van der Waals surface area contributed by atoms with Gasteiger partial charge in [0.1, 0.15) is 25.4 Å². The van der Waals surface area contributed by atoms with E-state index in [2.05, 4.69) is 26.3 Å². The van der Waals surface area contributed by atoms with Crippen LogP contribution in [0, 0.1) is 0 Å². The topological polar surface area (TPSA) is 185 Å². The number of rotatable bonds is 15. The lowest BCUT2D eigenvalue weighted by atomic mass is 10.1. The van der Waals surface area contributed by atoms with E-state index in [1.54, 1.807) is 0 Å². The Hall–Kier alpha value is -4.23. The van der Waals surface area contributed by atoms with E-state index in [1.165, 1.54) is 10.9 Å². The van der Waals surface area contributed by atoms with Crippen molar-refractivity contribution in [2.24, 2.45) is 0 Å². The van der Waals surface area contributed by atoms with Crippen molar-refractivity contribution in [1.29, 1.82) is 0 Å². The van der Waals surface area contributed by atoms with Crippen LogP contribution in [0.25, 0.3) is 0 Å². The second kappa shape index (κ2) is 14.9. The van der Waals surface area contributed by atoms with Crippen LogP contribution in [-0.4, -0.2) is 74.6 Å². The molecular weight excluding hydrogens is 479 g/mol. The number of carboxylic acids is 2. The van der Waals surface area contributed by atoms with E-state index in [9.17, 15) is 33.8 Å². The third-order valence-electron chi connectivity index (χ3n) is 4.92. The fourth-order valence-corrected chi connectivity index (χ4v) is 3.09. The number of aliphatic carboxylic acids is 2. The van der Waals surface area contributed by atoms with Crippen LogP contribution in [-0.2, 0) is 33.9 Å². The van der Waals surface area contributed by atoms with Crippen LogP contribution in [0.15, 0.2) is 36.5 Å². The second-order valence-corrected chi connectivity index (χ2v) is 7.75. The summed E-state index contributed by atoms with van der Waals surface area (Å²) in [5.74, 6) is -2.65. The van der Waals surface area contributed by atoms with Gasteiger partial charge in [-0.05, 0) is 24.8 Å². The summed E-state index contributed by atoms with van der Waals surface area (Å²) in [5, 5.41) is 33.1. The third-order valence-corrected chi connectivity index (χ3v) is 4.92. The molecule has 13 nitrogen and oxygen atoms in total. The van der Waals surface area contributed by atoms with Crippen molar-refractivity contribution in [3.63, 3.8) is 0 Å². The minimum atomic E-state index is -1.40. The zero-order chi connectivity index (χ0) is 26.3. The molecule has 0 fully saturated rings. The molecule has 0 spiro atoms. The Kier molecular flexibility index (Phi) is 11.6. The summed E-state index contributed by atoms with van der Waals surface area (Å²) in [4.78, 5) is 46.9. The van der Waals surface area contributed by atoms with Gasteiger partial charge in [-0.25, -0.2) is 28.3 Å². The number of carbonyl (C=O) groups excluding carboxylic acids is 2. The summed E-state index contributed by atoms with van der Waals surface area (Å²) in [7, 11) is 0. The number of amides is 3. The molecule has 0 aliphatic rings. The van der Waals surface area contributed by atoms with Gasteiger partial charge in [0.2, 0.25) is 0 Å².